The Morgan fingerprint density at radius 2 is 2.08 bits per heavy atom. The molecule has 0 spiro atoms. The van der Waals surface area contributed by atoms with Crippen LogP contribution in [0.2, 0.25) is 0 Å². The highest BCUT2D eigenvalue weighted by Crippen LogP contribution is 2.32. The number of aromatic nitrogens is 3. The van der Waals surface area contributed by atoms with Crippen molar-refractivity contribution in [2.24, 2.45) is 5.73 Å². The summed E-state index contributed by atoms with van der Waals surface area (Å²) < 4.78 is 30.0. The summed E-state index contributed by atoms with van der Waals surface area (Å²) in [4.78, 5) is 13.4. The number of halogens is 3. The fourth-order valence-corrected chi connectivity index (χ4v) is 4.54. The summed E-state index contributed by atoms with van der Waals surface area (Å²) in [5, 5.41) is 5.06. The number of thiophene rings is 1. The van der Waals surface area contributed by atoms with Crippen LogP contribution >= 0.6 is 33.9 Å². The minimum atomic E-state index is -1.86. The molecule has 0 unspecified atom stereocenters. The average Bonchev–Trinajstić information content (AvgIpc) is 3.07. The molecule has 0 saturated carbocycles. The average molecular weight is 462 g/mol. The van der Waals surface area contributed by atoms with Gasteiger partial charge in [0.25, 0.3) is 6.08 Å². The van der Waals surface area contributed by atoms with Gasteiger partial charge in [0.1, 0.15) is 6.33 Å². The number of fused-ring (bicyclic) bond motifs is 1. The Labute approximate surface area is 153 Å². The van der Waals surface area contributed by atoms with Gasteiger partial charge in [-0.2, -0.15) is 13.9 Å². The van der Waals surface area contributed by atoms with Crippen molar-refractivity contribution in [1.82, 2.24) is 14.3 Å². The van der Waals surface area contributed by atoms with Gasteiger partial charge >= 0.3 is 5.69 Å². The van der Waals surface area contributed by atoms with E-state index >= 15 is 0 Å². The molecule has 3 aromatic rings. The maximum Gasteiger partial charge on any atom is 0.346 e. The van der Waals surface area contributed by atoms with E-state index in [9.17, 15) is 13.6 Å². The first-order chi connectivity index (χ1) is 11.5. The highest BCUT2D eigenvalue weighted by atomic mass is 127. The van der Waals surface area contributed by atoms with E-state index in [0.29, 0.717) is 6.54 Å². The summed E-state index contributed by atoms with van der Waals surface area (Å²) in [7, 11) is 0. The molecular formula is C15H13F2IN4OS. The third-order valence-corrected chi connectivity index (χ3v) is 6.32. The molecule has 0 amide bonds. The molecule has 9 heteroatoms. The second-order valence-electron chi connectivity index (χ2n) is 5.10. The van der Waals surface area contributed by atoms with Crippen molar-refractivity contribution in [3.05, 3.63) is 61.2 Å². The predicted molar refractivity (Wildman–Crippen MR) is 98.4 cm³/mol. The first kappa shape index (κ1) is 17.2. The Morgan fingerprint density at radius 3 is 2.75 bits per heavy atom. The van der Waals surface area contributed by atoms with Crippen LogP contribution in [0.5, 0.6) is 0 Å². The van der Waals surface area contributed by atoms with Gasteiger partial charge in [-0.25, -0.2) is 9.48 Å². The van der Waals surface area contributed by atoms with Crippen LogP contribution in [-0.2, 0) is 13.1 Å². The Balaban J connectivity index is 1.90. The van der Waals surface area contributed by atoms with Crippen molar-refractivity contribution in [2.75, 3.05) is 6.54 Å². The topological polar surface area (TPSA) is 65.8 Å². The van der Waals surface area contributed by atoms with E-state index in [1.165, 1.54) is 10.9 Å². The highest BCUT2D eigenvalue weighted by molar-refractivity contribution is 14.1. The Bertz CT molecular complexity index is 971. The molecule has 0 fully saturated rings. The largest absolute Gasteiger partial charge is 0.346 e. The highest BCUT2D eigenvalue weighted by Gasteiger charge is 2.14. The monoisotopic (exact) mass is 462 g/mol. The molecule has 5 nitrogen and oxygen atoms in total. The van der Waals surface area contributed by atoms with E-state index in [1.807, 2.05) is 24.3 Å². The second-order valence-corrected chi connectivity index (χ2v) is 7.32. The van der Waals surface area contributed by atoms with Crippen LogP contribution < -0.4 is 11.4 Å². The van der Waals surface area contributed by atoms with Crippen LogP contribution in [-0.4, -0.2) is 20.9 Å². The molecule has 3 rings (SSSR count). The molecule has 126 valence electrons. The van der Waals surface area contributed by atoms with Crippen molar-refractivity contribution < 1.29 is 8.78 Å². The van der Waals surface area contributed by atoms with Crippen LogP contribution in [0.15, 0.2) is 47.0 Å². The van der Waals surface area contributed by atoms with Crippen molar-refractivity contribution in [1.29, 1.82) is 0 Å². The summed E-state index contributed by atoms with van der Waals surface area (Å²) in [6.07, 6.45) is -0.495. The number of hydrogen-bond donors (Lipinski definition) is 1. The molecule has 24 heavy (non-hydrogen) atoms. The van der Waals surface area contributed by atoms with Gasteiger partial charge in [-0.1, -0.05) is 18.2 Å². The molecule has 2 N–H and O–H groups in total. The maximum absolute atomic E-state index is 12.7. The summed E-state index contributed by atoms with van der Waals surface area (Å²) in [5.74, 6) is 0. The van der Waals surface area contributed by atoms with E-state index in [1.54, 1.807) is 11.3 Å². The minimum Gasteiger partial charge on any atom is -0.327 e. The summed E-state index contributed by atoms with van der Waals surface area (Å²) in [6, 6.07) is 8.00. The van der Waals surface area contributed by atoms with E-state index in [4.69, 9.17) is 5.73 Å². The van der Waals surface area contributed by atoms with Crippen molar-refractivity contribution >= 4 is 44.0 Å². The normalized spacial score (nSPS) is 11.2. The van der Waals surface area contributed by atoms with E-state index in [2.05, 4.69) is 27.7 Å². The van der Waals surface area contributed by atoms with Gasteiger partial charge in [-0.3, -0.25) is 4.57 Å². The van der Waals surface area contributed by atoms with E-state index in [-0.39, 0.29) is 18.7 Å². The lowest BCUT2D eigenvalue weighted by molar-refractivity contribution is 0.400. The minimum absolute atomic E-state index is 0.293. The second kappa shape index (κ2) is 7.11. The van der Waals surface area contributed by atoms with Gasteiger partial charge < -0.3 is 5.73 Å². The summed E-state index contributed by atoms with van der Waals surface area (Å²) >= 11 is 3.86. The molecule has 0 aliphatic rings. The van der Waals surface area contributed by atoms with Crippen molar-refractivity contribution in [3.63, 3.8) is 0 Å². The Hall–Kier alpha value is -1.59. The molecule has 0 saturated heterocycles. The number of rotatable bonds is 5. The van der Waals surface area contributed by atoms with Crippen LogP contribution in [0.1, 0.15) is 4.88 Å². The zero-order valence-electron chi connectivity index (χ0n) is 12.4. The molecule has 2 aromatic heterocycles. The molecule has 0 radical (unpaired) electrons. The number of nitrogens with zero attached hydrogens (tertiary/aromatic N) is 3. The number of benzene rings is 1. The predicted octanol–water partition coefficient (Wildman–Crippen LogP) is 3.02. The third-order valence-electron chi connectivity index (χ3n) is 3.57. The first-order valence-electron chi connectivity index (χ1n) is 7.02. The quantitative estimate of drug-likeness (QED) is 0.593. The standard InChI is InChI=1S/C15H13F2IN4OS/c16-14(17)9(5-19)6-22-15(23)21(8-20-22)7-12-13(18)10-3-1-2-4-11(10)24-12/h1-4,8H,5-7,19H2. The molecule has 2 heterocycles. The summed E-state index contributed by atoms with van der Waals surface area (Å²) in [5.41, 5.74) is 4.55. The molecule has 0 atom stereocenters. The van der Waals surface area contributed by atoms with Gasteiger partial charge in [-0.05, 0) is 28.7 Å². The first-order valence-corrected chi connectivity index (χ1v) is 8.92. The fourth-order valence-electron chi connectivity index (χ4n) is 2.29. The van der Waals surface area contributed by atoms with E-state index in [0.717, 1.165) is 23.2 Å². The molecule has 0 aliphatic carbocycles. The molecule has 0 bridgehead atoms. The summed E-state index contributed by atoms with van der Waals surface area (Å²) in [6.45, 7) is -0.250. The lowest BCUT2D eigenvalue weighted by atomic mass is 10.2. The zero-order chi connectivity index (χ0) is 17.3. The van der Waals surface area contributed by atoms with Crippen molar-refractivity contribution in [2.45, 2.75) is 13.1 Å². The lowest BCUT2D eigenvalue weighted by Gasteiger charge is -2.02. The third kappa shape index (κ3) is 3.28. The SMILES string of the molecule is NCC(Cn1ncn(Cc2sc3ccccc3c2I)c1=O)=C(F)F. The molecule has 0 aliphatic heterocycles. The van der Waals surface area contributed by atoms with Crippen LogP contribution in [0.3, 0.4) is 0 Å². The number of nitrogens with two attached hydrogens (primary N) is 1. The van der Waals surface area contributed by atoms with Crippen LogP contribution in [0.25, 0.3) is 10.1 Å². The van der Waals surface area contributed by atoms with Gasteiger partial charge in [0.2, 0.25) is 0 Å². The number of hydrogen-bond acceptors (Lipinski definition) is 4. The maximum atomic E-state index is 12.7. The van der Waals surface area contributed by atoms with Gasteiger partial charge in [0, 0.05) is 30.7 Å². The smallest absolute Gasteiger partial charge is 0.327 e. The van der Waals surface area contributed by atoms with Gasteiger partial charge in [0.15, 0.2) is 0 Å². The fraction of sp³-hybridized carbons (Fsp3) is 0.200. The van der Waals surface area contributed by atoms with Crippen LogP contribution in [0.4, 0.5) is 8.78 Å². The zero-order valence-corrected chi connectivity index (χ0v) is 15.4. The lowest BCUT2D eigenvalue weighted by Crippen LogP contribution is -2.27. The van der Waals surface area contributed by atoms with Gasteiger partial charge in [-0.15, -0.1) is 11.3 Å². The Morgan fingerprint density at radius 1 is 1.33 bits per heavy atom. The van der Waals surface area contributed by atoms with Gasteiger partial charge in [0.05, 0.1) is 13.1 Å². The molecule has 1 aromatic carbocycles. The van der Waals surface area contributed by atoms with Crippen molar-refractivity contribution in [3.8, 4) is 0 Å². The molecular weight excluding hydrogens is 449 g/mol. The van der Waals surface area contributed by atoms with Crippen LogP contribution in [0, 0.1) is 3.57 Å². The Kier molecular flexibility index (Phi) is 5.11. The van der Waals surface area contributed by atoms with E-state index < -0.39 is 11.8 Å².